The highest BCUT2D eigenvalue weighted by atomic mass is 16.5. The molecule has 2 heterocycles. The van der Waals surface area contributed by atoms with Crippen molar-refractivity contribution in [2.24, 2.45) is 0 Å². The SMILES string of the molecule is O=C(NC[C@@H]1CCCN1c1ccccc1)c1cc(C2CC2)on1. The maximum atomic E-state index is 12.2. The molecule has 1 aliphatic carbocycles. The van der Waals surface area contributed by atoms with Crippen LogP contribution in [0.5, 0.6) is 0 Å². The predicted molar refractivity (Wildman–Crippen MR) is 87.6 cm³/mol. The molecular formula is C18H21N3O2. The topological polar surface area (TPSA) is 58.4 Å². The lowest BCUT2D eigenvalue weighted by Gasteiger charge is -2.26. The van der Waals surface area contributed by atoms with Crippen LogP contribution in [0.15, 0.2) is 40.9 Å². The van der Waals surface area contributed by atoms with E-state index in [2.05, 4.69) is 39.6 Å². The highest BCUT2D eigenvalue weighted by Crippen LogP contribution is 2.40. The molecule has 4 rings (SSSR count). The van der Waals surface area contributed by atoms with Gasteiger partial charge in [-0.25, -0.2) is 0 Å². The highest BCUT2D eigenvalue weighted by molar-refractivity contribution is 5.92. The molecule has 0 spiro atoms. The second-order valence-corrected chi connectivity index (χ2v) is 6.42. The maximum Gasteiger partial charge on any atom is 0.273 e. The first kappa shape index (κ1) is 14.3. The fraction of sp³-hybridized carbons (Fsp3) is 0.444. The molecule has 1 aliphatic heterocycles. The third-order valence-corrected chi connectivity index (χ3v) is 4.70. The molecule has 1 aromatic heterocycles. The molecule has 5 heteroatoms. The minimum atomic E-state index is -0.138. The summed E-state index contributed by atoms with van der Waals surface area (Å²) in [6.07, 6.45) is 4.54. The molecule has 0 radical (unpaired) electrons. The number of hydrogen-bond acceptors (Lipinski definition) is 4. The van der Waals surface area contributed by atoms with Crippen LogP contribution in [0.1, 0.15) is 47.8 Å². The Hall–Kier alpha value is -2.30. The van der Waals surface area contributed by atoms with Crippen LogP contribution in [0.25, 0.3) is 0 Å². The van der Waals surface area contributed by atoms with Crippen molar-refractivity contribution in [3.05, 3.63) is 47.9 Å². The Kier molecular flexibility index (Phi) is 3.77. The molecule has 2 fully saturated rings. The second kappa shape index (κ2) is 6.07. The van der Waals surface area contributed by atoms with E-state index in [0.717, 1.165) is 38.0 Å². The van der Waals surface area contributed by atoms with Gasteiger partial charge in [-0.3, -0.25) is 4.79 Å². The number of para-hydroxylation sites is 1. The normalized spacial score (nSPS) is 20.7. The number of hydrogen-bond donors (Lipinski definition) is 1. The number of carbonyl (C=O) groups is 1. The zero-order valence-electron chi connectivity index (χ0n) is 13.1. The standard InChI is InChI=1S/C18H21N3O2/c22-18(16-11-17(23-20-16)13-8-9-13)19-12-15-7-4-10-21(15)14-5-2-1-3-6-14/h1-3,5-6,11,13,15H,4,7-10,12H2,(H,19,22)/t15-/m0/s1. The number of nitrogens with one attached hydrogen (secondary N) is 1. The first-order chi connectivity index (χ1) is 11.3. The lowest BCUT2D eigenvalue weighted by molar-refractivity contribution is 0.0942. The van der Waals surface area contributed by atoms with Gasteiger partial charge in [0.05, 0.1) is 0 Å². The fourth-order valence-electron chi connectivity index (χ4n) is 3.26. The first-order valence-corrected chi connectivity index (χ1v) is 8.38. The smallest absolute Gasteiger partial charge is 0.273 e. The third-order valence-electron chi connectivity index (χ3n) is 4.70. The summed E-state index contributed by atoms with van der Waals surface area (Å²) in [7, 11) is 0. The molecule has 2 aromatic rings. The second-order valence-electron chi connectivity index (χ2n) is 6.42. The minimum Gasteiger partial charge on any atom is -0.367 e. The van der Waals surface area contributed by atoms with Crippen LogP contribution < -0.4 is 10.2 Å². The average molecular weight is 311 g/mol. The van der Waals surface area contributed by atoms with Crippen molar-refractivity contribution in [3.8, 4) is 0 Å². The Labute approximate surface area is 135 Å². The van der Waals surface area contributed by atoms with Gasteiger partial charge in [-0.15, -0.1) is 0 Å². The van der Waals surface area contributed by atoms with E-state index in [9.17, 15) is 4.79 Å². The van der Waals surface area contributed by atoms with E-state index < -0.39 is 0 Å². The Balaban J connectivity index is 1.36. The van der Waals surface area contributed by atoms with Crippen molar-refractivity contribution in [1.29, 1.82) is 0 Å². The number of anilines is 1. The number of nitrogens with zero attached hydrogens (tertiary/aromatic N) is 2. The van der Waals surface area contributed by atoms with Crippen LogP contribution in [-0.4, -0.2) is 30.2 Å². The van der Waals surface area contributed by atoms with Gasteiger partial charge in [0.15, 0.2) is 5.69 Å². The number of carbonyl (C=O) groups excluding carboxylic acids is 1. The van der Waals surface area contributed by atoms with E-state index >= 15 is 0 Å². The largest absolute Gasteiger partial charge is 0.367 e. The lowest BCUT2D eigenvalue weighted by atomic mass is 10.2. The molecule has 0 unspecified atom stereocenters. The summed E-state index contributed by atoms with van der Waals surface area (Å²) in [5.41, 5.74) is 1.62. The zero-order valence-corrected chi connectivity index (χ0v) is 13.1. The van der Waals surface area contributed by atoms with Crippen molar-refractivity contribution in [2.45, 2.75) is 37.6 Å². The molecule has 1 amide bonds. The van der Waals surface area contributed by atoms with Crippen molar-refractivity contribution in [2.75, 3.05) is 18.0 Å². The van der Waals surface area contributed by atoms with Gasteiger partial charge in [0.2, 0.25) is 0 Å². The van der Waals surface area contributed by atoms with Crippen LogP contribution >= 0.6 is 0 Å². The summed E-state index contributed by atoms with van der Waals surface area (Å²) in [5.74, 6) is 1.19. The van der Waals surface area contributed by atoms with E-state index in [1.165, 1.54) is 5.69 Å². The molecular weight excluding hydrogens is 290 g/mol. The molecule has 2 aliphatic rings. The Bertz CT molecular complexity index is 679. The summed E-state index contributed by atoms with van der Waals surface area (Å²) in [5, 5.41) is 6.91. The van der Waals surface area contributed by atoms with Gasteiger partial charge in [-0.05, 0) is 37.8 Å². The van der Waals surface area contributed by atoms with Crippen LogP contribution in [0.2, 0.25) is 0 Å². The zero-order chi connectivity index (χ0) is 15.6. The van der Waals surface area contributed by atoms with Gasteiger partial charge >= 0.3 is 0 Å². The molecule has 23 heavy (non-hydrogen) atoms. The Morgan fingerprint density at radius 3 is 2.87 bits per heavy atom. The van der Waals surface area contributed by atoms with E-state index in [1.807, 2.05) is 6.07 Å². The molecule has 1 saturated carbocycles. The number of aromatic nitrogens is 1. The summed E-state index contributed by atoms with van der Waals surface area (Å²) < 4.78 is 5.25. The van der Waals surface area contributed by atoms with E-state index in [1.54, 1.807) is 6.07 Å². The molecule has 120 valence electrons. The molecule has 0 bridgehead atoms. The number of rotatable bonds is 5. The molecule has 1 aromatic carbocycles. The van der Waals surface area contributed by atoms with Gasteiger partial charge in [-0.1, -0.05) is 23.4 Å². The summed E-state index contributed by atoms with van der Waals surface area (Å²) in [6.45, 7) is 1.68. The summed E-state index contributed by atoms with van der Waals surface area (Å²) >= 11 is 0. The Morgan fingerprint density at radius 1 is 1.26 bits per heavy atom. The van der Waals surface area contributed by atoms with E-state index in [0.29, 0.717) is 24.2 Å². The first-order valence-electron chi connectivity index (χ1n) is 8.38. The third kappa shape index (κ3) is 3.09. The predicted octanol–water partition coefficient (Wildman–Crippen LogP) is 2.95. The van der Waals surface area contributed by atoms with Gasteiger partial charge in [0.1, 0.15) is 5.76 Å². The van der Waals surface area contributed by atoms with Gasteiger partial charge in [0.25, 0.3) is 5.91 Å². The monoisotopic (exact) mass is 311 g/mol. The van der Waals surface area contributed by atoms with Crippen molar-refractivity contribution in [1.82, 2.24) is 10.5 Å². The molecule has 1 atom stereocenters. The summed E-state index contributed by atoms with van der Waals surface area (Å²) in [4.78, 5) is 14.6. The van der Waals surface area contributed by atoms with Gasteiger partial charge in [0, 0.05) is 36.8 Å². The van der Waals surface area contributed by atoms with Crippen molar-refractivity contribution in [3.63, 3.8) is 0 Å². The summed E-state index contributed by atoms with van der Waals surface area (Å²) in [6, 6.07) is 12.5. The quantitative estimate of drug-likeness (QED) is 0.922. The van der Waals surface area contributed by atoms with Crippen LogP contribution in [0, 0.1) is 0 Å². The fourth-order valence-corrected chi connectivity index (χ4v) is 3.26. The maximum absolute atomic E-state index is 12.2. The van der Waals surface area contributed by atoms with Crippen molar-refractivity contribution >= 4 is 11.6 Å². The van der Waals surface area contributed by atoms with Crippen LogP contribution in [0.3, 0.4) is 0 Å². The van der Waals surface area contributed by atoms with Gasteiger partial charge < -0.3 is 14.7 Å². The highest BCUT2D eigenvalue weighted by Gasteiger charge is 2.29. The minimum absolute atomic E-state index is 0.138. The van der Waals surface area contributed by atoms with Crippen LogP contribution in [-0.2, 0) is 0 Å². The molecule has 1 saturated heterocycles. The van der Waals surface area contributed by atoms with E-state index in [4.69, 9.17) is 4.52 Å². The molecule has 1 N–H and O–H groups in total. The number of benzene rings is 1. The number of amides is 1. The van der Waals surface area contributed by atoms with Crippen molar-refractivity contribution < 1.29 is 9.32 Å². The Morgan fingerprint density at radius 2 is 2.09 bits per heavy atom. The lowest BCUT2D eigenvalue weighted by Crippen LogP contribution is -2.40. The van der Waals surface area contributed by atoms with E-state index in [-0.39, 0.29) is 5.91 Å². The molecule has 5 nitrogen and oxygen atoms in total. The van der Waals surface area contributed by atoms with Crippen LogP contribution in [0.4, 0.5) is 5.69 Å². The van der Waals surface area contributed by atoms with Gasteiger partial charge in [-0.2, -0.15) is 0 Å². The average Bonchev–Trinajstić information content (AvgIpc) is 3.14.